The van der Waals surface area contributed by atoms with Crippen molar-refractivity contribution in [2.24, 2.45) is 23.0 Å². The highest BCUT2D eigenvalue weighted by Crippen LogP contribution is 2.48. The van der Waals surface area contributed by atoms with Crippen LogP contribution in [0.5, 0.6) is 0 Å². The molecule has 0 spiro atoms. The summed E-state index contributed by atoms with van der Waals surface area (Å²) in [7, 11) is 0. The van der Waals surface area contributed by atoms with Gasteiger partial charge in [0.2, 0.25) is 0 Å². The molecule has 2 rings (SSSR count). The molecule has 1 unspecified atom stereocenters. The van der Waals surface area contributed by atoms with E-state index in [0.717, 1.165) is 43.3 Å². The maximum Gasteiger partial charge on any atom is 0.102 e. The number of hydrogen-bond donors (Lipinski definition) is 2. The first-order valence-electron chi connectivity index (χ1n) is 8.44. The molecular formula is C17H31N3O. The van der Waals surface area contributed by atoms with Gasteiger partial charge in [-0.15, -0.1) is 0 Å². The molecule has 4 heteroatoms. The molecule has 1 aromatic heterocycles. The van der Waals surface area contributed by atoms with Crippen LogP contribution in [-0.2, 0) is 6.54 Å². The summed E-state index contributed by atoms with van der Waals surface area (Å²) in [5.74, 6) is 1.50. The van der Waals surface area contributed by atoms with Crippen LogP contribution in [0.4, 0.5) is 0 Å². The molecule has 1 aromatic rings. The van der Waals surface area contributed by atoms with Crippen LogP contribution in [0.2, 0.25) is 0 Å². The fourth-order valence-corrected chi connectivity index (χ4v) is 3.76. The molecule has 1 aliphatic rings. The van der Waals surface area contributed by atoms with E-state index in [0.29, 0.717) is 6.54 Å². The van der Waals surface area contributed by atoms with Gasteiger partial charge in [0.05, 0.1) is 5.69 Å². The van der Waals surface area contributed by atoms with Gasteiger partial charge in [-0.05, 0) is 50.0 Å². The third kappa shape index (κ3) is 3.32. The fraction of sp³-hybridized carbons (Fsp3) is 0.824. The van der Waals surface area contributed by atoms with Gasteiger partial charge >= 0.3 is 0 Å². The van der Waals surface area contributed by atoms with Gasteiger partial charge in [0, 0.05) is 24.7 Å². The van der Waals surface area contributed by atoms with E-state index in [-0.39, 0.29) is 5.41 Å². The first-order chi connectivity index (χ1) is 10.0. The second kappa shape index (κ2) is 6.93. The van der Waals surface area contributed by atoms with Crippen LogP contribution in [0.3, 0.4) is 0 Å². The summed E-state index contributed by atoms with van der Waals surface area (Å²) in [6, 6.07) is 1.95. The van der Waals surface area contributed by atoms with E-state index < -0.39 is 6.10 Å². The quantitative estimate of drug-likeness (QED) is 0.847. The van der Waals surface area contributed by atoms with Gasteiger partial charge in [0.25, 0.3) is 0 Å². The van der Waals surface area contributed by atoms with Crippen LogP contribution in [0.1, 0.15) is 64.7 Å². The van der Waals surface area contributed by atoms with Gasteiger partial charge in [-0.1, -0.05) is 20.8 Å². The number of aromatic nitrogens is 2. The topological polar surface area (TPSA) is 64.1 Å². The average molecular weight is 293 g/mol. The Kier molecular flexibility index (Phi) is 5.44. The van der Waals surface area contributed by atoms with Crippen LogP contribution >= 0.6 is 0 Å². The molecule has 1 heterocycles. The molecule has 21 heavy (non-hydrogen) atoms. The van der Waals surface area contributed by atoms with Gasteiger partial charge in [0.15, 0.2) is 0 Å². The van der Waals surface area contributed by atoms with E-state index in [1.807, 2.05) is 10.7 Å². The first kappa shape index (κ1) is 16.5. The van der Waals surface area contributed by atoms with Crippen LogP contribution in [0, 0.1) is 17.3 Å². The van der Waals surface area contributed by atoms with Crippen molar-refractivity contribution in [2.75, 3.05) is 6.54 Å². The summed E-state index contributed by atoms with van der Waals surface area (Å²) in [4.78, 5) is 0. The Balaban J connectivity index is 2.15. The molecule has 0 saturated heterocycles. The Bertz CT molecular complexity index is 433. The number of aryl methyl sites for hydroxylation is 1. The second-order valence-electron chi connectivity index (χ2n) is 7.03. The monoisotopic (exact) mass is 293 g/mol. The molecule has 0 radical (unpaired) electrons. The number of hydrogen-bond acceptors (Lipinski definition) is 3. The van der Waals surface area contributed by atoms with Gasteiger partial charge in [-0.25, -0.2) is 0 Å². The van der Waals surface area contributed by atoms with E-state index in [2.05, 4.69) is 25.9 Å². The minimum atomic E-state index is -0.496. The SMILES string of the molecule is CCCn1nccc1C(O)C1(CN)CCC(C(C)C)CC1. The predicted octanol–water partition coefficient (Wildman–Crippen LogP) is 3.12. The summed E-state index contributed by atoms with van der Waals surface area (Å²) in [5, 5.41) is 15.3. The largest absolute Gasteiger partial charge is 0.386 e. The number of rotatable bonds is 6. The summed E-state index contributed by atoms with van der Waals surface area (Å²) < 4.78 is 1.94. The highest BCUT2D eigenvalue weighted by Gasteiger charge is 2.42. The highest BCUT2D eigenvalue weighted by molar-refractivity contribution is 5.11. The molecule has 3 N–H and O–H groups in total. The van der Waals surface area contributed by atoms with Crippen LogP contribution in [0.25, 0.3) is 0 Å². The van der Waals surface area contributed by atoms with Crippen molar-refractivity contribution in [2.45, 2.75) is 65.5 Å². The lowest BCUT2D eigenvalue weighted by Gasteiger charge is -2.43. The summed E-state index contributed by atoms with van der Waals surface area (Å²) in [5.41, 5.74) is 6.87. The van der Waals surface area contributed by atoms with Gasteiger partial charge in [-0.3, -0.25) is 4.68 Å². The third-order valence-electron chi connectivity index (χ3n) is 5.42. The molecule has 1 saturated carbocycles. The van der Waals surface area contributed by atoms with Crippen molar-refractivity contribution >= 4 is 0 Å². The highest BCUT2D eigenvalue weighted by atomic mass is 16.3. The lowest BCUT2D eigenvalue weighted by molar-refractivity contribution is -0.0199. The molecule has 120 valence electrons. The minimum Gasteiger partial charge on any atom is -0.386 e. The number of nitrogens with two attached hydrogens (primary N) is 1. The van der Waals surface area contributed by atoms with Gasteiger partial charge < -0.3 is 10.8 Å². The summed E-state index contributed by atoms with van der Waals surface area (Å²) in [6.07, 6.45) is 6.70. The molecule has 0 aromatic carbocycles. The predicted molar refractivity (Wildman–Crippen MR) is 85.8 cm³/mol. The van der Waals surface area contributed by atoms with Crippen LogP contribution < -0.4 is 5.73 Å². The van der Waals surface area contributed by atoms with Crippen molar-refractivity contribution in [3.63, 3.8) is 0 Å². The number of aliphatic hydroxyl groups is 1. The Morgan fingerprint density at radius 2 is 2.10 bits per heavy atom. The second-order valence-corrected chi connectivity index (χ2v) is 7.03. The molecule has 4 nitrogen and oxygen atoms in total. The average Bonchev–Trinajstić information content (AvgIpc) is 2.95. The molecule has 0 amide bonds. The number of aliphatic hydroxyl groups excluding tert-OH is 1. The molecule has 0 aliphatic heterocycles. The van der Waals surface area contributed by atoms with Gasteiger partial charge in [0.1, 0.15) is 6.10 Å². The van der Waals surface area contributed by atoms with Crippen molar-refractivity contribution in [3.8, 4) is 0 Å². The molecule has 0 bridgehead atoms. The minimum absolute atomic E-state index is 0.170. The zero-order valence-corrected chi connectivity index (χ0v) is 13.8. The Morgan fingerprint density at radius 1 is 1.43 bits per heavy atom. The maximum absolute atomic E-state index is 11.0. The normalized spacial score (nSPS) is 28.0. The van der Waals surface area contributed by atoms with E-state index in [1.165, 1.54) is 12.8 Å². The molecule has 1 atom stereocenters. The molecule has 1 aliphatic carbocycles. The van der Waals surface area contributed by atoms with Crippen molar-refractivity contribution in [1.82, 2.24) is 9.78 Å². The van der Waals surface area contributed by atoms with Gasteiger partial charge in [-0.2, -0.15) is 5.10 Å². The van der Waals surface area contributed by atoms with Crippen molar-refractivity contribution in [3.05, 3.63) is 18.0 Å². The zero-order chi connectivity index (χ0) is 15.5. The van der Waals surface area contributed by atoms with E-state index in [1.54, 1.807) is 6.20 Å². The van der Waals surface area contributed by atoms with Crippen LogP contribution in [-0.4, -0.2) is 21.4 Å². The fourth-order valence-electron chi connectivity index (χ4n) is 3.76. The van der Waals surface area contributed by atoms with E-state index >= 15 is 0 Å². The van der Waals surface area contributed by atoms with E-state index in [9.17, 15) is 5.11 Å². The maximum atomic E-state index is 11.0. The third-order valence-corrected chi connectivity index (χ3v) is 5.42. The Labute approximate surface area is 128 Å². The smallest absolute Gasteiger partial charge is 0.102 e. The zero-order valence-electron chi connectivity index (χ0n) is 13.8. The lowest BCUT2D eigenvalue weighted by atomic mass is 9.64. The summed E-state index contributed by atoms with van der Waals surface area (Å²) in [6.45, 7) is 8.13. The first-order valence-corrected chi connectivity index (χ1v) is 8.44. The molecule has 1 fully saturated rings. The van der Waals surface area contributed by atoms with Crippen molar-refractivity contribution in [1.29, 1.82) is 0 Å². The lowest BCUT2D eigenvalue weighted by Crippen LogP contribution is -2.41. The molecular weight excluding hydrogens is 262 g/mol. The van der Waals surface area contributed by atoms with Crippen LogP contribution in [0.15, 0.2) is 12.3 Å². The standard InChI is InChI=1S/C17H31N3O/c1-4-11-20-15(7-10-19-20)16(21)17(12-18)8-5-14(6-9-17)13(2)3/h7,10,13-14,16,21H,4-6,8-9,11-12,18H2,1-3H3. The Hall–Kier alpha value is -0.870. The summed E-state index contributed by atoms with van der Waals surface area (Å²) >= 11 is 0. The van der Waals surface area contributed by atoms with Crippen molar-refractivity contribution < 1.29 is 5.11 Å². The van der Waals surface area contributed by atoms with E-state index in [4.69, 9.17) is 5.73 Å². The Morgan fingerprint density at radius 3 is 2.62 bits per heavy atom. The number of nitrogens with zero attached hydrogens (tertiary/aromatic N) is 2.